The third-order valence-corrected chi connectivity index (χ3v) is 3.61. The second-order valence-corrected chi connectivity index (χ2v) is 6.00. The first-order valence-corrected chi connectivity index (χ1v) is 8.06. The number of urea groups is 1. The van der Waals surface area contributed by atoms with Crippen LogP contribution in [0.3, 0.4) is 0 Å². The lowest BCUT2D eigenvalue weighted by Gasteiger charge is -2.16. The molecule has 7 nitrogen and oxygen atoms in total. The van der Waals surface area contributed by atoms with Gasteiger partial charge in [0.25, 0.3) is 0 Å². The Morgan fingerprint density at radius 2 is 1.72 bits per heavy atom. The number of carbonyl (C=O) groups excluding carboxylic acids is 2. The Bertz CT molecular complexity index is 718. The van der Waals surface area contributed by atoms with E-state index in [-0.39, 0.29) is 17.9 Å². The fourth-order valence-electron chi connectivity index (χ4n) is 2.06. The number of nitrogens with two attached hydrogens (primary N) is 1. The smallest absolute Gasteiger partial charge is 0.319 e. The van der Waals surface area contributed by atoms with Crippen molar-refractivity contribution in [2.24, 2.45) is 11.7 Å². The molecule has 2 aromatic rings. The topological polar surface area (TPSA) is 109 Å². The van der Waals surface area contributed by atoms with Crippen molar-refractivity contribution in [3.8, 4) is 0 Å². The SMILES string of the molecule is CC(C)[C@H](N)C(=O)Nc1cccc(NC(=O)NCc2ccncc2)c1. The zero-order valence-electron chi connectivity index (χ0n) is 14.3. The Hall–Kier alpha value is -2.93. The average molecular weight is 341 g/mol. The van der Waals surface area contributed by atoms with E-state index in [9.17, 15) is 9.59 Å². The summed E-state index contributed by atoms with van der Waals surface area (Å²) in [6.45, 7) is 4.17. The number of anilines is 2. The van der Waals surface area contributed by atoms with E-state index in [1.807, 2.05) is 26.0 Å². The minimum absolute atomic E-state index is 0.0419. The lowest BCUT2D eigenvalue weighted by atomic mass is 10.0. The van der Waals surface area contributed by atoms with Crippen molar-refractivity contribution in [2.75, 3.05) is 10.6 Å². The number of aromatic nitrogens is 1. The molecule has 0 radical (unpaired) electrons. The molecule has 0 saturated heterocycles. The highest BCUT2D eigenvalue weighted by atomic mass is 16.2. The van der Waals surface area contributed by atoms with Crippen molar-refractivity contribution in [3.63, 3.8) is 0 Å². The van der Waals surface area contributed by atoms with Gasteiger partial charge in [-0.3, -0.25) is 9.78 Å². The predicted molar refractivity (Wildman–Crippen MR) is 98.0 cm³/mol. The molecule has 1 atom stereocenters. The predicted octanol–water partition coefficient (Wildman–Crippen LogP) is 2.33. The highest BCUT2D eigenvalue weighted by Crippen LogP contribution is 2.16. The van der Waals surface area contributed by atoms with Crippen molar-refractivity contribution in [1.29, 1.82) is 0 Å². The van der Waals surface area contributed by atoms with Crippen molar-refractivity contribution in [2.45, 2.75) is 26.4 Å². The second-order valence-electron chi connectivity index (χ2n) is 6.00. The number of hydrogen-bond donors (Lipinski definition) is 4. The van der Waals surface area contributed by atoms with Crippen LogP contribution in [-0.2, 0) is 11.3 Å². The molecular formula is C18H23N5O2. The largest absolute Gasteiger partial charge is 0.334 e. The minimum atomic E-state index is -0.583. The van der Waals surface area contributed by atoms with Crippen molar-refractivity contribution in [3.05, 3.63) is 54.4 Å². The summed E-state index contributed by atoms with van der Waals surface area (Å²) in [5.74, 6) is -0.213. The van der Waals surface area contributed by atoms with E-state index in [0.29, 0.717) is 17.9 Å². The molecule has 0 spiro atoms. The van der Waals surface area contributed by atoms with Crippen LogP contribution in [0, 0.1) is 5.92 Å². The van der Waals surface area contributed by atoms with Crippen LogP contribution >= 0.6 is 0 Å². The molecule has 25 heavy (non-hydrogen) atoms. The Kier molecular flexibility index (Phi) is 6.47. The molecule has 2 rings (SSSR count). The number of hydrogen-bond acceptors (Lipinski definition) is 4. The molecule has 0 aliphatic heterocycles. The lowest BCUT2D eigenvalue weighted by Crippen LogP contribution is -2.39. The van der Waals surface area contributed by atoms with Crippen molar-refractivity contribution in [1.82, 2.24) is 10.3 Å². The third-order valence-electron chi connectivity index (χ3n) is 3.61. The van der Waals surface area contributed by atoms with E-state index in [2.05, 4.69) is 20.9 Å². The Morgan fingerprint density at radius 3 is 2.36 bits per heavy atom. The lowest BCUT2D eigenvalue weighted by molar-refractivity contribution is -0.118. The fraction of sp³-hybridized carbons (Fsp3) is 0.278. The first-order chi connectivity index (χ1) is 12.0. The van der Waals surface area contributed by atoms with Crippen LogP contribution < -0.4 is 21.7 Å². The summed E-state index contributed by atoms with van der Waals surface area (Å²) in [4.78, 5) is 27.9. The van der Waals surface area contributed by atoms with Gasteiger partial charge in [0.2, 0.25) is 5.91 Å². The van der Waals surface area contributed by atoms with Gasteiger partial charge in [0.05, 0.1) is 6.04 Å². The van der Waals surface area contributed by atoms with E-state index < -0.39 is 6.04 Å². The highest BCUT2D eigenvalue weighted by molar-refractivity contribution is 5.96. The summed E-state index contributed by atoms with van der Waals surface area (Å²) in [7, 11) is 0. The van der Waals surface area contributed by atoms with Gasteiger partial charge in [-0.2, -0.15) is 0 Å². The summed E-state index contributed by atoms with van der Waals surface area (Å²) < 4.78 is 0. The second kappa shape index (κ2) is 8.79. The Morgan fingerprint density at radius 1 is 1.08 bits per heavy atom. The first-order valence-electron chi connectivity index (χ1n) is 8.06. The number of nitrogens with zero attached hydrogens (tertiary/aromatic N) is 1. The minimum Gasteiger partial charge on any atom is -0.334 e. The summed E-state index contributed by atoms with van der Waals surface area (Å²) in [6, 6.07) is 9.64. The van der Waals surface area contributed by atoms with Gasteiger partial charge in [-0.25, -0.2) is 4.79 Å². The van der Waals surface area contributed by atoms with Crippen LogP contribution in [-0.4, -0.2) is 23.0 Å². The molecular weight excluding hydrogens is 318 g/mol. The van der Waals surface area contributed by atoms with Crippen molar-refractivity contribution < 1.29 is 9.59 Å². The van der Waals surface area contributed by atoms with E-state index in [0.717, 1.165) is 5.56 Å². The molecule has 7 heteroatoms. The average Bonchev–Trinajstić information content (AvgIpc) is 2.60. The number of benzene rings is 1. The van der Waals surface area contributed by atoms with Gasteiger partial charge in [0, 0.05) is 30.3 Å². The molecule has 1 heterocycles. The zero-order valence-corrected chi connectivity index (χ0v) is 14.3. The van der Waals surface area contributed by atoms with Crippen LogP contribution in [0.1, 0.15) is 19.4 Å². The summed E-state index contributed by atoms with van der Waals surface area (Å²) in [6.07, 6.45) is 3.34. The number of nitrogens with one attached hydrogen (secondary N) is 3. The molecule has 0 aliphatic rings. The molecule has 5 N–H and O–H groups in total. The van der Waals surface area contributed by atoms with Gasteiger partial charge in [0.15, 0.2) is 0 Å². The molecule has 0 unspecified atom stereocenters. The first kappa shape index (κ1) is 18.4. The number of amides is 3. The van der Waals surface area contributed by atoms with Gasteiger partial charge < -0.3 is 21.7 Å². The van der Waals surface area contributed by atoms with E-state index >= 15 is 0 Å². The van der Waals surface area contributed by atoms with Crippen LogP contribution in [0.15, 0.2) is 48.8 Å². The van der Waals surface area contributed by atoms with E-state index in [1.54, 1.807) is 36.7 Å². The zero-order chi connectivity index (χ0) is 18.2. The Balaban J connectivity index is 1.90. The molecule has 132 valence electrons. The summed E-state index contributed by atoms with van der Waals surface area (Å²) in [5.41, 5.74) is 7.93. The molecule has 0 fully saturated rings. The standard InChI is InChI=1S/C18H23N5O2/c1-12(2)16(19)17(24)22-14-4-3-5-15(10-14)23-18(25)21-11-13-6-8-20-9-7-13/h3-10,12,16H,11,19H2,1-2H3,(H,22,24)(H2,21,23,25)/t16-/m0/s1. The number of pyridine rings is 1. The van der Waals surface area contributed by atoms with Crippen LogP contribution in [0.5, 0.6) is 0 Å². The normalized spacial score (nSPS) is 11.7. The van der Waals surface area contributed by atoms with Crippen LogP contribution in [0.4, 0.5) is 16.2 Å². The molecule has 0 bridgehead atoms. The summed E-state index contributed by atoms with van der Waals surface area (Å²) >= 11 is 0. The molecule has 1 aromatic heterocycles. The van der Waals surface area contributed by atoms with E-state index in [1.165, 1.54) is 0 Å². The molecule has 3 amide bonds. The quantitative estimate of drug-likeness (QED) is 0.646. The highest BCUT2D eigenvalue weighted by Gasteiger charge is 2.17. The van der Waals surface area contributed by atoms with Gasteiger partial charge in [0.1, 0.15) is 0 Å². The number of rotatable bonds is 6. The maximum atomic E-state index is 12.0. The van der Waals surface area contributed by atoms with Crippen molar-refractivity contribution >= 4 is 23.3 Å². The summed E-state index contributed by atoms with van der Waals surface area (Å²) in [5, 5.41) is 8.24. The monoisotopic (exact) mass is 341 g/mol. The maximum Gasteiger partial charge on any atom is 0.319 e. The van der Waals surface area contributed by atoms with E-state index in [4.69, 9.17) is 5.73 Å². The Labute approximate surface area is 147 Å². The number of carbonyl (C=O) groups is 2. The van der Waals surface area contributed by atoms with Gasteiger partial charge in [-0.05, 0) is 41.8 Å². The van der Waals surface area contributed by atoms with Crippen LogP contribution in [0.25, 0.3) is 0 Å². The fourth-order valence-corrected chi connectivity index (χ4v) is 2.06. The molecule has 0 saturated carbocycles. The van der Waals surface area contributed by atoms with Gasteiger partial charge in [-0.1, -0.05) is 19.9 Å². The van der Waals surface area contributed by atoms with Gasteiger partial charge >= 0.3 is 6.03 Å². The third kappa shape index (κ3) is 5.89. The molecule has 1 aromatic carbocycles. The maximum absolute atomic E-state index is 12.0. The van der Waals surface area contributed by atoms with Gasteiger partial charge in [-0.15, -0.1) is 0 Å². The van der Waals surface area contributed by atoms with Crippen LogP contribution in [0.2, 0.25) is 0 Å². The molecule has 0 aliphatic carbocycles.